The fourth-order valence-electron chi connectivity index (χ4n) is 3.85. The minimum Gasteiger partial charge on any atom is -0.496 e. The highest BCUT2D eigenvalue weighted by Crippen LogP contribution is 2.36. The van der Waals surface area contributed by atoms with Crippen LogP contribution in [0.1, 0.15) is 45.4 Å². The summed E-state index contributed by atoms with van der Waals surface area (Å²) in [6.07, 6.45) is -0.166. The SMILES string of the molecule is COc1ccc([C@H]2CC(=O)c3ccccc3O2)cc1Cn1nc(C)c([N+](=O)[O-])c1C. The van der Waals surface area contributed by atoms with Crippen LogP contribution in [0.25, 0.3) is 0 Å². The Morgan fingerprint density at radius 2 is 2.03 bits per heavy atom. The number of hydrogen-bond acceptors (Lipinski definition) is 6. The smallest absolute Gasteiger partial charge is 0.312 e. The van der Waals surface area contributed by atoms with Crippen molar-refractivity contribution in [2.45, 2.75) is 32.9 Å². The van der Waals surface area contributed by atoms with Crippen molar-refractivity contribution in [3.63, 3.8) is 0 Å². The summed E-state index contributed by atoms with van der Waals surface area (Å²) < 4.78 is 13.1. The van der Waals surface area contributed by atoms with Crippen LogP contribution in [0, 0.1) is 24.0 Å². The predicted octanol–water partition coefficient (Wildman–Crippen LogP) is 4.17. The topological polar surface area (TPSA) is 96.5 Å². The van der Waals surface area contributed by atoms with Gasteiger partial charge in [-0.15, -0.1) is 0 Å². The Kier molecular flexibility index (Phi) is 4.99. The molecule has 0 radical (unpaired) electrons. The molecule has 2 aromatic carbocycles. The lowest BCUT2D eigenvalue weighted by Gasteiger charge is -2.26. The van der Waals surface area contributed by atoms with Gasteiger partial charge in [0.15, 0.2) is 5.78 Å². The van der Waals surface area contributed by atoms with E-state index in [2.05, 4.69) is 5.10 Å². The molecular formula is C22H21N3O5. The van der Waals surface area contributed by atoms with E-state index in [1.807, 2.05) is 30.3 Å². The van der Waals surface area contributed by atoms with Gasteiger partial charge in [-0.25, -0.2) is 0 Å². The number of fused-ring (bicyclic) bond motifs is 1. The van der Waals surface area contributed by atoms with Gasteiger partial charge in [-0.2, -0.15) is 5.10 Å². The van der Waals surface area contributed by atoms with E-state index < -0.39 is 11.0 Å². The molecule has 154 valence electrons. The number of ketones is 1. The lowest BCUT2D eigenvalue weighted by molar-refractivity contribution is -0.386. The van der Waals surface area contributed by atoms with Crippen LogP contribution in [0.5, 0.6) is 11.5 Å². The first-order valence-electron chi connectivity index (χ1n) is 9.53. The van der Waals surface area contributed by atoms with Gasteiger partial charge in [0.1, 0.15) is 29.0 Å². The number of carbonyl (C=O) groups excluding carboxylic acids is 1. The number of rotatable bonds is 5. The largest absolute Gasteiger partial charge is 0.496 e. The fourth-order valence-corrected chi connectivity index (χ4v) is 3.85. The molecule has 4 rings (SSSR count). The van der Waals surface area contributed by atoms with Crippen molar-refractivity contribution >= 4 is 11.5 Å². The number of Topliss-reactive ketones (excluding diaryl/α,β-unsaturated/α-hetero) is 1. The molecule has 2 heterocycles. The summed E-state index contributed by atoms with van der Waals surface area (Å²) in [5, 5.41) is 15.6. The zero-order valence-electron chi connectivity index (χ0n) is 16.9. The Hall–Kier alpha value is -3.68. The molecule has 30 heavy (non-hydrogen) atoms. The number of ether oxygens (including phenoxy) is 2. The third kappa shape index (κ3) is 3.41. The second kappa shape index (κ2) is 7.62. The van der Waals surface area contributed by atoms with E-state index in [0.717, 1.165) is 11.1 Å². The monoisotopic (exact) mass is 407 g/mol. The molecule has 0 fully saturated rings. The Morgan fingerprint density at radius 3 is 2.73 bits per heavy atom. The van der Waals surface area contributed by atoms with Gasteiger partial charge in [0, 0.05) is 5.56 Å². The maximum Gasteiger partial charge on any atom is 0.312 e. The quantitative estimate of drug-likeness (QED) is 0.465. The van der Waals surface area contributed by atoms with E-state index in [1.54, 1.807) is 37.8 Å². The first kappa shape index (κ1) is 19.6. The van der Waals surface area contributed by atoms with Gasteiger partial charge in [0.25, 0.3) is 0 Å². The molecule has 1 aliphatic heterocycles. The van der Waals surface area contributed by atoms with Crippen molar-refractivity contribution in [3.8, 4) is 11.5 Å². The molecule has 1 aliphatic rings. The maximum atomic E-state index is 12.5. The Balaban J connectivity index is 1.68. The van der Waals surface area contributed by atoms with Crippen molar-refractivity contribution < 1.29 is 19.2 Å². The first-order valence-corrected chi connectivity index (χ1v) is 9.53. The molecule has 1 aromatic heterocycles. The van der Waals surface area contributed by atoms with Gasteiger partial charge < -0.3 is 9.47 Å². The van der Waals surface area contributed by atoms with E-state index in [-0.39, 0.29) is 17.9 Å². The zero-order valence-corrected chi connectivity index (χ0v) is 16.9. The van der Waals surface area contributed by atoms with Crippen LogP contribution >= 0.6 is 0 Å². The fraction of sp³-hybridized carbons (Fsp3) is 0.273. The number of nitrogens with zero attached hydrogens (tertiary/aromatic N) is 3. The Morgan fingerprint density at radius 1 is 1.27 bits per heavy atom. The number of carbonyl (C=O) groups is 1. The molecular weight excluding hydrogens is 386 g/mol. The van der Waals surface area contributed by atoms with E-state index >= 15 is 0 Å². The molecule has 0 aliphatic carbocycles. The van der Waals surface area contributed by atoms with Crippen molar-refractivity contribution in [1.29, 1.82) is 0 Å². The van der Waals surface area contributed by atoms with Gasteiger partial charge in [-0.3, -0.25) is 19.6 Å². The van der Waals surface area contributed by atoms with Crippen LogP contribution in [-0.4, -0.2) is 27.6 Å². The highest BCUT2D eigenvalue weighted by atomic mass is 16.6. The van der Waals surface area contributed by atoms with Gasteiger partial charge in [-0.05, 0) is 43.7 Å². The number of aromatic nitrogens is 2. The van der Waals surface area contributed by atoms with Gasteiger partial charge in [0.2, 0.25) is 0 Å². The normalized spacial score (nSPS) is 15.4. The maximum absolute atomic E-state index is 12.5. The predicted molar refractivity (Wildman–Crippen MR) is 109 cm³/mol. The number of methoxy groups -OCH3 is 1. The average molecular weight is 407 g/mol. The molecule has 0 unspecified atom stereocenters. The number of hydrogen-bond donors (Lipinski definition) is 0. The third-order valence-electron chi connectivity index (χ3n) is 5.35. The first-order chi connectivity index (χ1) is 14.4. The third-order valence-corrected chi connectivity index (χ3v) is 5.35. The second-order valence-electron chi connectivity index (χ2n) is 7.24. The lowest BCUT2D eigenvalue weighted by atomic mass is 9.95. The van der Waals surface area contributed by atoms with Crippen LogP contribution < -0.4 is 9.47 Å². The molecule has 0 N–H and O–H groups in total. The number of benzene rings is 2. The van der Waals surface area contributed by atoms with E-state index in [9.17, 15) is 14.9 Å². The van der Waals surface area contributed by atoms with Crippen LogP contribution in [0.3, 0.4) is 0 Å². The van der Waals surface area contributed by atoms with Crippen LogP contribution in [0.4, 0.5) is 5.69 Å². The van der Waals surface area contributed by atoms with Gasteiger partial charge in [0.05, 0.1) is 30.6 Å². The summed E-state index contributed by atoms with van der Waals surface area (Å²) in [5.74, 6) is 1.25. The van der Waals surface area contributed by atoms with Crippen molar-refractivity contribution in [3.05, 3.63) is 80.7 Å². The van der Waals surface area contributed by atoms with Gasteiger partial charge in [-0.1, -0.05) is 18.2 Å². The number of nitro groups is 1. The lowest BCUT2D eigenvalue weighted by Crippen LogP contribution is -2.20. The number of para-hydroxylation sites is 1. The summed E-state index contributed by atoms with van der Waals surface area (Å²) in [6, 6.07) is 12.8. The molecule has 1 atom stereocenters. The van der Waals surface area contributed by atoms with Crippen molar-refractivity contribution in [2.24, 2.45) is 0 Å². The van der Waals surface area contributed by atoms with Gasteiger partial charge >= 0.3 is 5.69 Å². The summed E-state index contributed by atoms with van der Waals surface area (Å²) in [4.78, 5) is 23.4. The standard InChI is InChI=1S/C22H21N3O5/c1-13-22(25(27)28)14(2)24(23-13)12-16-10-15(8-9-19(16)29-3)21-11-18(26)17-6-4-5-7-20(17)30-21/h4-10,21H,11-12H2,1-3H3/t21-/m1/s1. The van der Waals surface area contributed by atoms with Crippen LogP contribution in [0.2, 0.25) is 0 Å². The number of aryl methyl sites for hydroxylation is 1. The molecule has 0 saturated carbocycles. The average Bonchev–Trinajstić information content (AvgIpc) is 3.01. The molecule has 8 nitrogen and oxygen atoms in total. The molecule has 8 heteroatoms. The minimum absolute atomic E-state index is 0.0166. The summed E-state index contributed by atoms with van der Waals surface area (Å²) >= 11 is 0. The molecule has 0 spiro atoms. The molecule has 0 amide bonds. The van der Waals surface area contributed by atoms with E-state index in [0.29, 0.717) is 35.0 Å². The Bertz CT molecular complexity index is 1150. The summed E-state index contributed by atoms with van der Waals surface area (Å²) in [6.45, 7) is 3.59. The van der Waals surface area contributed by atoms with Crippen LogP contribution in [-0.2, 0) is 6.54 Å². The zero-order chi connectivity index (χ0) is 21.4. The van der Waals surface area contributed by atoms with Crippen LogP contribution in [0.15, 0.2) is 42.5 Å². The minimum atomic E-state index is -0.416. The Labute approximate surface area is 173 Å². The highest BCUT2D eigenvalue weighted by molar-refractivity contribution is 5.99. The van der Waals surface area contributed by atoms with E-state index in [1.165, 1.54) is 0 Å². The molecule has 3 aromatic rings. The van der Waals surface area contributed by atoms with Crippen molar-refractivity contribution in [1.82, 2.24) is 9.78 Å². The summed E-state index contributed by atoms with van der Waals surface area (Å²) in [7, 11) is 1.57. The highest BCUT2D eigenvalue weighted by Gasteiger charge is 2.28. The molecule has 0 saturated heterocycles. The molecule has 0 bridgehead atoms. The summed E-state index contributed by atoms with van der Waals surface area (Å²) in [5.41, 5.74) is 3.09. The second-order valence-corrected chi connectivity index (χ2v) is 7.24. The van der Waals surface area contributed by atoms with E-state index in [4.69, 9.17) is 9.47 Å². The van der Waals surface area contributed by atoms with Crippen molar-refractivity contribution in [2.75, 3.05) is 7.11 Å².